The molecule has 0 aliphatic carbocycles. The largest absolute Gasteiger partial charge is 0.387 e. The van der Waals surface area contributed by atoms with Gasteiger partial charge in [0.2, 0.25) is 0 Å². The molecule has 2 aromatic rings. The fourth-order valence-electron chi connectivity index (χ4n) is 1.76. The highest BCUT2D eigenvalue weighted by Crippen LogP contribution is 2.15. The van der Waals surface area contributed by atoms with E-state index in [1.165, 1.54) is 6.26 Å². The van der Waals surface area contributed by atoms with Crippen LogP contribution in [-0.2, 0) is 14.3 Å². The molecule has 21 heavy (non-hydrogen) atoms. The van der Waals surface area contributed by atoms with Crippen molar-refractivity contribution in [2.45, 2.75) is 6.92 Å². The molecule has 2 rings (SSSR count). The Labute approximate surface area is 125 Å². The van der Waals surface area contributed by atoms with Gasteiger partial charge in [0.05, 0.1) is 5.41 Å². The summed E-state index contributed by atoms with van der Waals surface area (Å²) < 4.78 is 28.6. The molecule has 0 bridgehead atoms. The highest BCUT2D eigenvalue weighted by molar-refractivity contribution is 7.90. The van der Waals surface area contributed by atoms with Crippen molar-refractivity contribution in [1.29, 1.82) is 0 Å². The molecule has 0 fully saturated rings. The van der Waals surface area contributed by atoms with E-state index in [9.17, 15) is 8.42 Å². The minimum absolute atomic E-state index is 0.628. The Hall–Kier alpha value is -2.33. The fourth-order valence-corrected chi connectivity index (χ4v) is 2.60. The second kappa shape index (κ2) is 6.90. The fraction of sp³-hybridized carbons (Fsp3) is 0.0588. The summed E-state index contributed by atoms with van der Waals surface area (Å²) in [5.41, 5.74) is 2.34. The lowest BCUT2D eigenvalue weighted by atomic mass is 10.1. The van der Waals surface area contributed by atoms with Crippen molar-refractivity contribution in [3.05, 3.63) is 83.5 Å². The zero-order valence-corrected chi connectivity index (χ0v) is 12.5. The summed E-state index contributed by atoms with van der Waals surface area (Å²) in [5, 5.41) is 1.12. The van der Waals surface area contributed by atoms with Crippen molar-refractivity contribution in [2.75, 3.05) is 0 Å². The third kappa shape index (κ3) is 4.93. The van der Waals surface area contributed by atoms with Gasteiger partial charge >= 0.3 is 10.1 Å². The van der Waals surface area contributed by atoms with E-state index in [0.29, 0.717) is 5.57 Å². The molecular weight excluding hydrogens is 284 g/mol. The van der Waals surface area contributed by atoms with Gasteiger partial charge in [-0.3, -0.25) is 0 Å². The Balaban J connectivity index is 2.07. The maximum absolute atomic E-state index is 11.9. The van der Waals surface area contributed by atoms with Crippen LogP contribution in [0.3, 0.4) is 0 Å². The Morgan fingerprint density at radius 3 is 2.14 bits per heavy atom. The van der Waals surface area contributed by atoms with Gasteiger partial charge in [0.25, 0.3) is 0 Å². The van der Waals surface area contributed by atoms with Gasteiger partial charge in [-0.25, -0.2) is 0 Å². The van der Waals surface area contributed by atoms with Gasteiger partial charge in [0, 0.05) is 0 Å². The van der Waals surface area contributed by atoms with Crippen LogP contribution >= 0.6 is 0 Å². The zero-order chi connectivity index (χ0) is 15.1. The highest BCUT2D eigenvalue weighted by Gasteiger charge is 2.07. The normalized spacial score (nSPS) is 12.5. The first-order chi connectivity index (χ1) is 10.1. The number of hydrogen-bond acceptors (Lipinski definition) is 3. The molecule has 0 aromatic heterocycles. The zero-order valence-electron chi connectivity index (χ0n) is 11.6. The maximum Gasteiger partial charge on any atom is 0.331 e. The molecule has 0 N–H and O–H groups in total. The second-order valence-corrected chi connectivity index (χ2v) is 5.88. The molecule has 0 amide bonds. The first kappa shape index (κ1) is 15.1. The van der Waals surface area contributed by atoms with Crippen LogP contribution in [0.1, 0.15) is 18.1 Å². The second-order valence-electron chi connectivity index (χ2n) is 4.47. The van der Waals surface area contributed by atoms with Gasteiger partial charge < -0.3 is 4.18 Å². The standard InChI is InChI=1S/C17H16O3S/c1-15(17-10-6-3-7-11-17)14-21(18,19)20-13-12-16-8-4-2-5-9-16/h2-14H,1H3. The molecule has 4 heteroatoms. The third-order valence-electron chi connectivity index (χ3n) is 2.80. The Morgan fingerprint density at radius 2 is 1.52 bits per heavy atom. The van der Waals surface area contributed by atoms with Crippen molar-refractivity contribution in [3.8, 4) is 0 Å². The molecule has 0 unspecified atom stereocenters. The third-order valence-corrected chi connectivity index (χ3v) is 3.82. The van der Waals surface area contributed by atoms with E-state index in [0.717, 1.165) is 16.5 Å². The summed E-state index contributed by atoms with van der Waals surface area (Å²) in [5.74, 6) is 0. The first-order valence-electron chi connectivity index (χ1n) is 6.45. The van der Waals surface area contributed by atoms with Gasteiger partial charge in [0.1, 0.15) is 6.26 Å². The quantitative estimate of drug-likeness (QED) is 0.617. The molecule has 3 nitrogen and oxygen atoms in total. The summed E-state index contributed by atoms with van der Waals surface area (Å²) in [6.07, 6.45) is 2.78. The molecule has 0 heterocycles. The van der Waals surface area contributed by atoms with Crippen LogP contribution in [0.25, 0.3) is 11.6 Å². The Kier molecular flexibility index (Phi) is 4.95. The highest BCUT2D eigenvalue weighted by atomic mass is 32.2. The molecule has 0 spiro atoms. The average molecular weight is 300 g/mol. The van der Waals surface area contributed by atoms with Gasteiger partial charge in [-0.1, -0.05) is 60.7 Å². The van der Waals surface area contributed by atoms with Crippen LogP contribution < -0.4 is 0 Å². The van der Waals surface area contributed by atoms with Crippen molar-refractivity contribution in [1.82, 2.24) is 0 Å². The minimum atomic E-state index is -3.75. The average Bonchev–Trinajstić information content (AvgIpc) is 2.48. The molecule has 0 aliphatic heterocycles. The van der Waals surface area contributed by atoms with Gasteiger partial charge in [-0.05, 0) is 29.7 Å². The number of rotatable bonds is 5. The molecule has 0 radical (unpaired) electrons. The van der Waals surface area contributed by atoms with E-state index in [-0.39, 0.29) is 0 Å². The summed E-state index contributed by atoms with van der Waals surface area (Å²) in [4.78, 5) is 0. The molecule has 108 valence electrons. The number of benzene rings is 2. The van der Waals surface area contributed by atoms with E-state index < -0.39 is 10.1 Å². The lowest BCUT2D eigenvalue weighted by molar-refractivity contribution is 0.456. The van der Waals surface area contributed by atoms with Crippen LogP contribution in [0, 0.1) is 0 Å². The molecule has 0 atom stereocenters. The number of allylic oxidation sites excluding steroid dienone is 1. The van der Waals surface area contributed by atoms with Crippen molar-refractivity contribution < 1.29 is 12.6 Å². The SMILES string of the molecule is CC(=CS(=O)(=O)OC=Cc1ccccc1)c1ccccc1. The molecule has 2 aromatic carbocycles. The molecule has 0 saturated carbocycles. The maximum atomic E-state index is 11.9. The summed E-state index contributed by atoms with van der Waals surface area (Å²) >= 11 is 0. The van der Waals surface area contributed by atoms with Crippen molar-refractivity contribution >= 4 is 21.8 Å². The van der Waals surface area contributed by atoms with Crippen molar-refractivity contribution in [3.63, 3.8) is 0 Å². The van der Waals surface area contributed by atoms with E-state index in [4.69, 9.17) is 4.18 Å². The lowest BCUT2D eigenvalue weighted by Crippen LogP contribution is -1.97. The number of hydrogen-bond donors (Lipinski definition) is 0. The van der Waals surface area contributed by atoms with Crippen LogP contribution in [-0.4, -0.2) is 8.42 Å². The Bertz CT molecular complexity index is 730. The molecule has 0 saturated heterocycles. The van der Waals surface area contributed by atoms with E-state index in [2.05, 4.69) is 0 Å². The van der Waals surface area contributed by atoms with Crippen molar-refractivity contribution in [2.24, 2.45) is 0 Å². The molecular formula is C17H16O3S. The monoisotopic (exact) mass is 300 g/mol. The summed E-state index contributed by atoms with van der Waals surface area (Å²) in [6.45, 7) is 1.73. The van der Waals surface area contributed by atoms with Gasteiger partial charge in [-0.15, -0.1) is 0 Å². The molecule has 0 aliphatic rings. The smallest absolute Gasteiger partial charge is 0.331 e. The van der Waals surface area contributed by atoms with Crippen LogP contribution in [0.2, 0.25) is 0 Å². The van der Waals surface area contributed by atoms with Crippen LogP contribution in [0.15, 0.2) is 72.3 Å². The summed E-state index contributed by atoms with van der Waals surface area (Å²) in [6, 6.07) is 18.6. The lowest BCUT2D eigenvalue weighted by Gasteiger charge is -2.02. The van der Waals surface area contributed by atoms with Gasteiger partial charge in [-0.2, -0.15) is 8.42 Å². The first-order valence-corrected chi connectivity index (χ1v) is 7.92. The van der Waals surface area contributed by atoms with Crippen LogP contribution in [0.4, 0.5) is 0 Å². The summed E-state index contributed by atoms with van der Waals surface area (Å²) in [7, 11) is -3.75. The Morgan fingerprint density at radius 1 is 0.952 bits per heavy atom. The predicted molar refractivity (Wildman–Crippen MR) is 85.6 cm³/mol. The van der Waals surface area contributed by atoms with E-state index in [1.807, 2.05) is 60.7 Å². The topological polar surface area (TPSA) is 43.4 Å². The van der Waals surface area contributed by atoms with E-state index >= 15 is 0 Å². The predicted octanol–water partition coefficient (Wildman–Crippen LogP) is 4.06. The van der Waals surface area contributed by atoms with Crippen LogP contribution in [0.5, 0.6) is 0 Å². The van der Waals surface area contributed by atoms with E-state index in [1.54, 1.807) is 13.0 Å². The van der Waals surface area contributed by atoms with Gasteiger partial charge in [0.15, 0.2) is 0 Å². The minimum Gasteiger partial charge on any atom is -0.387 e.